The van der Waals surface area contributed by atoms with E-state index in [1.807, 2.05) is 41.3 Å². The van der Waals surface area contributed by atoms with Gasteiger partial charge in [-0.15, -0.1) is 0 Å². The van der Waals surface area contributed by atoms with Crippen LogP contribution >= 0.6 is 0 Å². The number of rotatable bonds is 7. The Morgan fingerprint density at radius 2 is 1.75 bits per heavy atom. The van der Waals surface area contributed by atoms with Gasteiger partial charge in [0.05, 0.1) is 12.7 Å². The average molecular weight is 437 g/mol. The summed E-state index contributed by atoms with van der Waals surface area (Å²) in [7, 11) is 1.63. The number of amides is 1. The Bertz CT molecular complexity index is 960. The van der Waals surface area contributed by atoms with Gasteiger partial charge < -0.3 is 14.4 Å². The third-order valence-corrected chi connectivity index (χ3v) is 6.38. The number of hydrogen-bond acceptors (Lipinski definition) is 5. The van der Waals surface area contributed by atoms with E-state index in [0.717, 1.165) is 69.5 Å². The molecular formula is C26H32N2O4. The lowest BCUT2D eigenvalue weighted by molar-refractivity contribution is 0.0764. The van der Waals surface area contributed by atoms with E-state index in [1.165, 1.54) is 0 Å². The number of benzene rings is 2. The maximum Gasteiger partial charge on any atom is 0.257 e. The summed E-state index contributed by atoms with van der Waals surface area (Å²) in [6.45, 7) is 5.87. The molecule has 2 saturated heterocycles. The zero-order chi connectivity index (χ0) is 22.5. The number of hydrogen-bond donors (Lipinski definition) is 0. The maximum atomic E-state index is 13.0. The van der Waals surface area contributed by atoms with Crippen LogP contribution in [0.3, 0.4) is 0 Å². The molecule has 0 aromatic heterocycles. The smallest absolute Gasteiger partial charge is 0.257 e. The van der Waals surface area contributed by atoms with Crippen molar-refractivity contribution < 1.29 is 19.1 Å². The van der Waals surface area contributed by atoms with Crippen molar-refractivity contribution in [2.45, 2.75) is 45.3 Å². The van der Waals surface area contributed by atoms with Crippen LogP contribution in [0.1, 0.15) is 58.9 Å². The normalized spacial score (nSPS) is 17.4. The third-order valence-electron chi connectivity index (χ3n) is 6.38. The van der Waals surface area contributed by atoms with E-state index < -0.39 is 0 Å². The number of Topliss-reactive ketones (excluding diaryl/α,β-unsaturated/α-hetero) is 1. The molecule has 1 amide bonds. The zero-order valence-electron chi connectivity index (χ0n) is 19.0. The van der Waals surface area contributed by atoms with Crippen LogP contribution in [0.2, 0.25) is 0 Å². The number of likely N-dealkylation sites (tertiary alicyclic amines) is 2. The highest BCUT2D eigenvalue weighted by atomic mass is 16.5. The van der Waals surface area contributed by atoms with Crippen molar-refractivity contribution in [2.24, 2.45) is 0 Å². The molecular weight excluding hydrogens is 404 g/mol. The van der Waals surface area contributed by atoms with Crippen molar-refractivity contribution in [3.05, 3.63) is 59.2 Å². The second-order valence-electron chi connectivity index (χ2n) is 8.71. The summed E-state index contributed by atoms with van der Waals surface area (Å²) >= 11 is 0. The molecule has 2 heterocycles. The molecule has 0 aliphatic carbocycles. The maximum absolute atomic E-state index is 13.0. The van der Waals surface area contributed by atoms with Gasteiger partial charge in [-0.1, -0.05) is 18.2 Å². The highest BCUT2D eigenvalue weighted by Crippen LogP contribution is 2.30. The molecule has 0 N–H and O–H groups in total. The summed E-state index contributed by atoms with van der Waals surface area (Å²) in [6, 6.07) is 13.4. The predicted octanol–water partition coefficient (Wildman–Crippen LogP) is 4.18. The summed E-state index contributed by atoms with van der Waals surface area (Å²) < 4.78 is 11.7. The summed E-state index contributed by atoms with van der Waals surface area (Å²) in [5.74, 6) is 1.45. The minimum absolute atomic E-state index is 0.0444. The van der Waals surface area contributed by atoms with Crippen LogP contribution in [0, 0.1) is 0 Å². The monoisotopic (exact) mass is 436 g/mol. The second kappa shape index (κ2) is 10.2. The molecule has 32 heavy (non-hydrogen) atoms. The number of ether oxygens (including phenoxy) is 2. The van der Waals surface area contributed by atoms with Crippen LogP contribution in [0.5, 0.6) is 11.5 Å². The fourth-order valence-electron chi connectivity index (χ4n) is 4.51. The lowest BCUT2D eigenvalue weighted by atomic mass is 10.0. The predicted molar refractivity (Wildman–Crippen MR) is 124 cm³/mol. The molecule has 0 saturated carbocycles. The highest BCUT2D eigenvalue weighted by molar-refractivity contribution is 5.97. The van der Waals surface area contributed by atoms with E-state index in [1.54, 1.807) is 14.0 Å². The summed E-state index contributed by atoms with van der Waals surface area (Å²) in [4.78, 5) is 29.0. The van der Waals surface area contributed by atoms with Gasteiger partial charge in [0.15, 0.2) is 5.78 Å². The number of carbonyl (C=O) groups is 2. The Hall–Kier alpha value is -2.86. The summed E-state index contributed by atoms with van der Waals surface area (Å²) in [6.07, 6.45) is 3.96. The molecule has 0 atom stereocenters. The van der Waals surface area contributed by atoms with Gasteiger partial charge in [-0.3, -0.25) is 14.5 Å². The van der Waals surface area contributed by atoms with Crippen LogP contribution in [-0.2, 0) is 6.54 Å². The van der Waals surface area contributed by atoms with E-state index in [2.05, 4.69) is 11.0 Å². The molecule has 0 radical (unpaired) electrons. The van der Waals surface area contributed by atoms with Crippen molar-refractivity contribution >= 4 is 11.7 Å². The van der Waals surface area contributed by atoms with Gasteiger partial charge in [-0.2, -0.15) is 0 Å². The third kappa shape index (κ3) is 5.30. The van der Waals surface area contributed by atoms with Crippen LogP contribution in [0.4, 0.5) is 0 Å². The molecule has 2 aliphatic rings. The van der Waals surface area contributed by atoms with Crippen LogP contribution in [0.25, 0.3) is 0 Å². The molecule has 2 fully saturated rings. The molecule has 6 heteroatoms. The first-order valence-corrected chi connectivity index (χ1v) is 11.5. The highest BCUT2D eigenvalue weighted by Gasteiger charge is 2.26. The van der Waals surface area contributed by atoms with E-state index >= 15 is 0 Å². The first kappa shape index (κ1) is 22.3. The summed E-state index contributed by atoms with van der Waals surface area (Å²) in [5, 5.41) is 0. The molecule has 2 aromatic rings. The lowest BCUT2D eigenvalue weighted by Gasteiger charge is -2.32. The topological polar surface area (TPSA) is 59.1 Å². The fourth-order valence-corrected chi connectivity index (χ4v) is 4.51. The largest absolute Gasteiger partial charge is 0.497 e. The number of methoxy groups -OCH3 is 1. The quantitative estimate of drug-likeness (QED) is 0.610. The molecule has 2 aromatic carbocycles. The van der Waals surface area contributed by atoms with E-state index in [9.17, 15) is 9.59 Å². The van der Waals surface area contributed by atoms with Crippen molar-refractivity contribution in [2.75, 3.05) is 33.3 Å². The number of nitrogens with zero attached hydrogens (tertiary/aromatic N) is 2. The minimum atomic E-state index is 0.0444. The Labute approximate surface area is 190 Å². The van der Waals surface area contributed by atoms with Crippen molar-refractivity contribution in [3.63, 3.8) is 0 Å². The second-order valence-corrected chi connectivity index (χ2v) is 8.71. The molecule has 170 valence electrons. The average Bonchev–Trinajstić information content (AvgIpc) is 3.35. The Balaban J connectivity index is 1.39. The Morgan fingerprint density at radius 3 is 2.44 bits per heavy atom. The fraction of sp³-hybridized carbons (Fsp3) is 0.462. The number of piperidine rings is 1. The van der Waals surface area contributed by atoms with Crippen LogP contribution < -0.4 is 9.47 Å². The van der Waals surface area contributed by atoms with E-state index in [4.69, 9.17) is 9.47 Å². The Kier molecular flexibility index (Phi) is 7.10. The van der Waals surface area contributed by atoms with Gasteiger partial charge in [0, 0.05) is 44.4 Å². The first-order valence-electron chi connectivity index (χ1n) is 11.5. The van der Waals surface area contributed by atoms with Crippen molar-refractivity contribution in [1.29, 1.82) is 0 Å². The van der Waals surface area contributed by atoms with Crippen LogP contribution in [0.15, 0.2) is 42.5 Å². The molecule has 0 unspecified atom stereocenters. The van der Waals surface area contributed by atoms with Gasteiger partial charge in [-0.05, 0) is 56.4 Å². The standard InChI is InChI=1S/C26H32N2O4/c1-19(29)21-7-5-6-20(16-21)18-27-14-10-22(11-15-27)32-25-17-23(31-2)8-9-24(25)26(30)28-12-3-4-13-28/h5-9,16-17,22H,3-4,10-15,18H2,1-2H3. The first-order chi connectivity index (χ1) is 15.5. The lowest BCUT2D eigenvalue weighted by Crippen LogP contribution is -2.38. The molecule has 0 spiro atoms. The van der Waals surface area contributed by atoms with E-state index in [-0.39, 0.29) is 17.8 Å². The summed E-state index contributed by atoms with van der Waals surface area (Å²) in [5.41, 5.74) is 2.54. The molecule has 2 aliphatic heterocycles. The van der Waals surface area contributed by atoms with Crippen molar-refractivity contribution in [1.82, 2.24) is 9.80 Å². The molecule has 4 rings (SSSR count). The minimum Gasteiger partial charge on any atom is -0.497 e. The molecule has 6 nitrogen and oxygen atoms in total. The zero-order valence-corrected chi connectivity index (χ0v) is 19.0. The van der Waals surface area contributed by atoms with Gasteiger partial charge >= 0.3 is 0 Å². The van der Waals surface area contributed by atoms with Crippen LogP contribution in [-0.4, -0.2) is 60.9 Å². The van der Waals surface area contributed by atoms with Gasteiger partial charge in [0.1, 0.15) is 17.6 Å². The molecule has 0 bridgehead atoms. The van der Waals surface area contributed by atoms with E-state index in [0.29, 0.717) is 17.1 Å². The van der Waals surface area contributed by atoms with Crippen molar-refractivity contribution in [3.8, 4) is 11.5 Å². The number of carbonyl (C=O) groups excluding carboxylic acids is 2. The van der Waals surface area contributed by atoms with Gasteiger partial charge in [0.25, 0.3) is 5.91 Å². The van der Waals surface area contributed by atoms with Gasteiger partial charge in [-0.25, -0.2) is 0 Å². The number of ketones is 1. The van der Waals surface area contributed by atoms with Gasteiger partial charge in [0.2, 0.25) is 0 Å². The Morgan fingerprint density at radius 1 is 1.00 bits per heavy atom. The SMILES string of the molecule is COc1ccc(C(=O)N2CCCC2)c(OC2CCN(Cc3cccc(C(C)=O)c3)CC2)c1.